The van der Waals surface area contributed by atoms with E-state index in [1.54, 1.807) is 43.0 Å². The fraction of sp³-hybridized carbons (Fsp3) is 0.571. The molecule has 2 aromatic rings. The minimum absolute atomic E-state index is 0.0216. The maximum absolute atomic E-state index is 13.1. The van der Waals surface area contributed by atoms with E-state index in [9.17, 15) is 14.4 Å². The van der Waals surface area contributed by atoms with Crippen LogP contribution in [-0.2, 0) is 28.9 Å². The Morgan fingerprint density at radius 1 is 1.16 bits per heavy atom. The SMILES string of the molecule is CCn1nc(CC(C)(C)COC(=O)c2ccc(C(=O)N(C)C)cc2)c2c1C(=O)NCC1(CCOCC1)C2. The number of ether oxygens (including phenoxy) is 2. The molecule has 1 aromatic heterocycles. The number of esters is 1. The van der Waals surface area contributed by atoms with Crippen LogP contribution in [0.1, 0.15) is 76.1 Å². The van der Waals surface area contributed by atoms with Crippen molar-refractivity contribution in [2.24, 2.45) is 10.8 Å². The molecule has 37 heavy (non-hydrogen) atoms. The number of aryl methyl sites for hydroxylation is 1. The largest absolute Gasteiger partial charge is 0.462 e. The van der Waals surface area contributed by atoms with Crippen molar-refractivity contribution in [3.63, 3.8) is 0 Å². The van der Waals surface area contributed by atoms with E-state index in [-0.39, 0.29) is 23.8 Å². The van der Waals surface area contributed by atoms with Crippen molar-refractivity contribution < 1.29 is 23.9 Å². The highest BCUT2D eigenvalue weighted by Gasteiger charge is 2.40. The predicted octanol–water partition coefficient (Wildman–Crippen LogP) is 3.11. The Kier molecular flexibility index (Phi) is 7.73. The van der Waals surface area contributed by atoms with E-state index in [0.29, 0.717) is 49.5 Å². The second-order valence-electron chi connectivity index (χ2n) is 11.3. The van der Waals surface area contributed by atoms with Gasteiger partial charge < -0.3 is 19.7 Å². The third-order valence-electron chi connectivity index (χ3n) is 7.39. The zero-order chi connectivity index (χ0) is 26.8. The van der Waals surface area contributed by atoms with E-state index in [2.05, 4.69) is 5.32 Å². The maximum atomic E-state index is 13.1. The van der Waals surface area contributed by atoms with Crippen molar-refractivity contribution in [3.8, 4) is 0 Å². The molecule has 0 saturated carbocycles. The average Bonchev–Trinajstić information content (AvgIpc) is 3.14. The van der Waals surface area contributed by atoms with Crippen LogP contribution in [0.15, 0.2) is 24.3 Å². The number of hydrogen-bond donors (Lipinski definition) is 1. The van der Waals surface area contributed by atoms with Gasteiger partial charge in [-0.1, -0.05) is 13.8 Å². The summed E-state index contributed by atoms with van der Waals surface area (Å²) in [6.45, 7) is 8.92. The molecule has 3 heterocycles. The monoisotopic (exact) mass is 510 g/mol. The summed E-state index contributed by atoms with van der Waals surface area (Å²) in [5.74, 6) is -0.627. The first-order valence-electron chi connectivity index (χ1n) is 13.0. The third-order valence-corrected chi connectivity index (χ3v) is 7.39. The van der Waals surface area contributed by atoms with Crippen LogP contribution in [0.5, 0.6) is 0 Å². The molecule has 1 aromatic carbocycles. The van der Waals surface area contributed by atoms with Crippen molar-refractivity contribution in [3.05, 3.63) is 52.3 Å². The number of nitrogens with one attached hydrogen (secondary N) is 1. The summed E-state index contributed by atoms with van der Waals surface area (Å²) in [7, 11) is 3.37. The molecule has 200 valence electrons. The smallest absolute Gasteiger partial charge is 0.338 e. The Morgan fingerprint density at radius 2 is 1.81 bits per heavy atom. The average molecular weight is 511 g/mol. The molecular formula is C28H38N4O5. The van der Waals surface area contributed by atoms with Gasteiger partial charge in [0, 0.05) is 63.4 Å². The predicted molar refractivity (Wildman–Crippen MR) is 139 cm³/mol. The zero-order valence-electron chi connectivity index (χ0n) is 22.6. The van der Waals surface area contributed by atoms with Gasteiger partial charge in [0.1, 0.15) is 5.69 Å². The van der Waals surface area contributed by atoms with Crippen LogP contribution in [0.25, 0.3) is 0 Å². The van der Waals surface area contributed by atoms with E-state index >= 15 is 0 Å². The second-order valence-corrected chi connectivity index (χ2v) is 11.3. The lowest BCUT2D eigenvalue weighted by Crippen LogP contribution is -2.40. The van der Waals surface area contributed by atoms with E-state index in [4.69, 9.17) is 14.6 Å². The second kappa shape index (κ2) is 10.7. The number of carbonyl (C=O) groups excluding carboxylic acids is 3. The molecule has 0 bridgehead atoms. The number of nitrogens with zero attached hydrogens (tertiary/aromatic N) is 3. The summed E-state index contributed by atoms with van der Waals surface area (Å²) in [5, 5.41) is 7.98. The number of hydrogen-bond acceptors (Lipinski definition) is 6. The molecule has 2 aliphatic rings. The van der Waals surface area contributed by atoms with Gasteiger partial charge in [-0.2, -0.15) is 5.10 Å². The topological polar surface area (TPSA) is 103 Å². The normalized spacial score (nSPS) is 17.1. The third kappa shape index (κ3) is 5.87. The van der Waals surface area contributed by atoms with Crippen molar-refractivity contribution in [1.82, 2.24) is 20.0 Å². The highest BCUT2D eigenvalue weighted by molar-refractivity contribution is 5.96. The summed E-state index contributed by atoms with van der Waals surface area (Å²) in [5.41, 5.74) is 3.05. The Labute approximate surface area is 218 Å². The summed E-state index contributed by atoms with van der Waals surface area (Å²) in [6, 6.07) is 6.49. The van der Waals surface area contributed by atoms with Crippen molar-refractivity contribution in [1.29, 1.82) is 0 Å². The van der Waals surface area contributed by atoms with Gasteiger partial charge in [0.2, 0.25) is 0 Å². The van der Waals surface area contributed by atoms with Gasteiger partial charge in [0.05, 0.1) is 17.9 Å². The first-order valence-corrected chi connectivity index (χ1v) is 13.0. The Hall–Kier alpha value is -3.20. The van der Waals surface area contributed by atoms with Gasteiger partial charge in [-0.3, -0.25) is 14.3 Å². The van der Waals surface area contributed by atoms with Crippen LogP contribution >= 0.6 is 0 Å². The summed E-state index contributed by atoms with van der Waals surface area (Å²) < 4.78 is 13.1. The Morgan fingerprint density at radius 3 is 2.43 bits per heavy atom. The summed E-state index contributed by atoms with van der Waals surface area (Å²) in [4.78, 5) is 39.4. The molecule has 1 N–H and O–H groups in total. The number of benzene rings is 1. The lowest BCUT2D eigenvalue weighted by Gasteiger charge is -2.36. The molecule has 0 aliphatic carbocycles. The van der Waals surface area contributed by atoms with Gasteiger partial charge in [0.15, 0.2) is 0 Å². The molecule has 0 unspecified atom stereocenters. The number of carbonyl (C=O) groups is 3. The van der Waals surface area contributed by atoms with Crippen LogP contribution in [0.2, 0.25) is 0 Å². The van der Waals surface area contributed by atoms with Crippen LogP contribution in [0.4, 0.5) is 0 Å². The molecule has 9 nitrogen and oxygen atoms in total. The summed E-state index contributed by atoms with van der Waals surface area (Å²) in [6.07, 6.45) is 3.17. The highest BCUT2D eigenvalue weighted by Crippen LogP contribution is 2.38. The minimum Gasteiger partial charge on any atom is -0.462 e. The van der Waals surface area contributed by atoms with Gasteiger partial charge in [-0.15, -0.1) is 0 Å². The van der Waals surface area contributed by atoms with E-state index in [1.165, 1.54) is 4.90 Å². The Bertz CT molecular complexity index is 1160. The Balaban J connectivity index is 1.48. The fourth-order valence-corrected chi connectivity index (χ4v) is 5.16. The molecule has 1 spiro atoms. The van der Waals surface area contributed by atoms with E-state index in [0.717, 1.165) is 30.5 Å². The van der Waals surface area contributed by atoms with Crippen LogP contribution < -0.4 is 5.32 Å². The van der Waals surface area contributed by atoms with Gasteiger partial charge >= 0.3 is 5.97 Å². The van der Waals surface area contributed by atoms with Crippen LogP contribution in [-0.4, -0.2) is 72.9 Å². The number of rotatable bonds is 7. The molecule has 4 rings (SSSR count). The molecule has 2 amide bonds. The van der Waals surface area contributed by atoms with Crippen molar-refractivity contribution in [2.75, 3.05) is 40.5 Å². The zero-order valence-corrected chi connectivity index (χ0v) is 22.6. The first kappa shape index (κ1) is 26.9. The first-order chi connectivity index (χ1) is 17.5. The molecular weight excluding hydrogens is 472 g/mol. The molecule has 2 aliphatic heterocycles. The maximum Gasteiger partial charge on any atom is 0.338 e. The fourth-order valence-electron chi connectivity index (χ4n) is 5.16. The lowest BCUT2D eigenvalue weighted by molar-refractivity contribution is 0.0159. The quantitative estimate of drug-likeness (QED) is 0.574. The van der Waals surface area contributed by atoms with E-state index in [1.807, 2.05) is 20.8 Å². The lowest BCUT2D eigenvalue weighted by atomic mass is 9.74. The standard InChI is InChI=1S/C28H38N4O5/c1-6-32-23-21(15-28(17-29-24(23)33)11-13-36-14-12-28)22(30-32)16-27(2,3)18-37-26(35)20-9-7-19(8-10-20)25(34)31(4)5/h7-10H,6,11-18H2,1-5H3,(H,29,33). The number of amides is 2. The highest BCUT2D eigenvalue weighted by atomic mass is 16.5. The molecule has 1 fully saturated rings. The van der Waals surface area contributed by atoms with Crippen LogP contribution in [0, 0.1) is 10.8 Å². The molecule has 9 heteroatoms. The van der Waals surface area contributed by atoms with Gasteiger partial charge in [-0.05, 0) is 55.9 Å². The summed E-state index contributed by atoms with van der Waals surface area (Å²) >= 11 is 0. The molecule has 1 saturated heterocycles. The molecule has 0 atom stereocenters. The minimum atomic E-state index is -0.435. The number of aromatic nitrogens is 2. The van der Waals surface area contributed by atoms with Crippen LogP contribution in [0.3, 0.4) is 0 Å². The van der Waals surface area contributed by atoms with Crippen molar-refractivity contribution in [2.45, 2.75) is 53.0 Å². The molecule has 0 radical (unpaired) electrons. The van der Waals surface area contributed by atoms with Gasteiger partial charge in [-0.25, -0.2) is 4.79 Å². The van der Waals surface area contributed by atoms with Gasteiger partial charge in [0.25, 0.3) is 11.8 Å². The van der Waals surface area contributed by atoms with E-state index < -0.39 is 11.4 Å². The van der Waals surface area contributed by atoms with Crippen molar-refractivity contribution >= 4 is 17.8 Å². The number of fused-ring (bicyclic) bond motifs is 1.